The van der Waals surface area contributed by atoms with E-state index in [9.17, 15) is 4.79 Å². The van der Waals surface area contributed by atoms with Crippen molar-refractivity contribution in [3.63, 3.8) is 0 Å². The van der Waals surface area contributed by atoms with Gasteiger partial charge in [-0.3, -0.25) is 0 Å². The summed E-state index contributed by atoms with van der Waals surface area (Å²) in [6.45, 7) is 9.78. The Morgan fingerprint density at radius 1 is 1.32 bits per heavy atom. The van der Waals surface area contributed by atoms with Gasteiger partial charge >= 0.3 is 5.97 Å². The molecule has 5 nitrogen and oxygen atoms in total. The highest BCUT2D eigenvalue weighted by molar-refractivity contribution is 7.80. The molecule has 2 aromatic rings. The SMILES string of the molecule is CCOC(=O)c1ccc(NC(=S)N(CCCN2CCC[C@@H](C)C2)Cc2cccs2)cc1. The molecule has 2 heterocycles. The van der Waals surface area contributed by atoms with Gasteiger partial charge in [-0.2, -0.15) is 0 Å². The number of thiocarbonyl (C=S) groups is 1. The van der Waals surface area contributed by atoms with Gasteiger partial charge in [0.15, 0.2) is 5.11 Å². The highest BCUT2D eigenvalue weighted by Gasteiger charge is 2.17. The van der Waals surface area contributed by atoms with E-state index in [1.54, 1.807) is 30.4 Å². The third-order valence-corrected chi connectivity index (χ3v) is 6.73. The van der Waals surface area contributed by atoms with E-state index in [-0.39, 0.29) is 5.97 Å². The van der Waals surface area contributed by atoms with Crippen LogP contribution in [-0.4, -0.2) is 53.7 Å². The largest absolute Gasteiger partial charge is 0.462 e. The van der Waals surface area contributed by atoms with Crippen LogP contribution in [0.2, 0.25) is 0 Å². The number of carbonyl (C=O) groups is 1. The molecule has 0 unspecified atom stereocenters. The smallest absolute Gasteiger partial charge is 0.338 e. The molecule has 31 heavy (non-hydrogen) atoms. The Morgan fingerprint density at radius 2 is 2.13 bits per heavy atom. The number of esters is 1. The Morgan fingerprint density at radius 3 is 2.81 bits per heavy atom. The van der Waals surface area contributed by atoms with Crippen LogP contribution in [0.4, 0.5) is 5.69 Å². The first-order chi connectivity index (χ1) is 15.0. The summed E-state index contributed by atoms with van der Waals surface area (Å²) in [4.78, 5) is 18.0. The van der Waals surface area contributed by atoms with Crippen LogP contribution in [0.25, 0.3) is 0 Å². The molecule has 0 bridgehead atoms. The van der Waals surface area contributed by atoms with Crippen molar-refractivity contribution in [1.82, 2.24) is 9.80 Å². The Kier molecular flexibility index (Phi) is 9.31. The monoisotopic (exact) mass is 459 g/mol. The van der Waals surface area contributed by atoms with E-state index in [4.69, 9.17) is 17.0 Å². The number of rotatable bonds is 9. The molecule has 1 fully saturated rings. The first-order valence-corrected chi connectivity index (χ1v) is 12.4. The summed E-state index contributed by atoms with van der Waals surface area (Å²) in [5.41, 5.74) is 1.42. The van der Waals surface area contributed by atoms with E-state index in [0.29, 0.717) is 17.3 Å². The molecule has 1 aliphatic heterocycles. The summed E-state index contributed by atoms with van der Waals surface area (Å²) in [7, 11) is 0. The molecule has 0 saturated carbocycles. The highest BCUT2D eigenvalue weighted by Crippen LogP contribution is 2.18. The molecule has 3 rings (SSSR count). The van der Waals surface area contributed by atoms with Crippen molar-refractivity contribution in [2.45, 2.75) is 39.7 Å². The molecule has 1 atom stereocenters. The molecule has 0 aliphatic carbocycles. The standard InChI is InChI=1S/C24H33N3O2S2/c1-3-29-23(28)20-9-11-21(12-10-20)25-24(30)27(18-22-8-5-16-31-22)15-6-14-26-13-4-7-19(2)17-26/h5,8-12,16,19H,3-4,6-7,13-15,17-18H2,1-2H3,(H,25,30)/t19-/m1/s1. The number of nitrogens with one attached hydrogen (secondary N) is 1. The predicted molar refractivity (Wildman–Crippen MR) is 133 cm³/mol. The predicted octanol–water partition coefficient (Wildman–Crippen LogP) is 5.25. The zero-order valence-electron chi connectivity index (χ0n) is 18.5. The van der Waals surface area contributed by atoms with E-state index in [1.807, 2.05) is 12.1 Å². The van der Waals surface area contributed by atoms with Gasteiger partial charge < -0.3 is 19.9 Å². The van der Waals surface area contributed by atoms with Crippen molar-refractivity contribution < 1.29 is 9.53 Å². The third-order valence-electron chi connectivity index (χ3n) is 5.50. The molecule has 0 amide bonds. The van der Waals surface area contributed by atoms with Crippen LogP contribution in [0, 0.1) is 5.92 Å². The Bertz CT molecular complexity index is 824. The van der Waals surface area contributed by atoms with Crippen molar-refractivity contribution in [3.05, 3.63) is 52.2 Å². The summed E-state index contributed by atoms with van der Waals surface area (Å²) in [5, 5.41) is 6.16. The molecule has 1 aliphatic rings. The molecular weight excluding hydrogens is 426 g/mol. The number of hydrogen-bond donors (Lipinski definition) is 1. The lowest BCUT2D eigenvalue weighted by Crippen LogP contribution is -2.39. The van der Waals surface area contributed by atoms with Gasteiger partial charge in [-0.05, 0) is 93.1 Å². The average Bonchev–Trinajstić information content (AvgIpc) is 3.27. The fraction of sp³-hybridized carbons (Fsp3) is 0.500. The Balaban J connectivity index is 1.57. The van der Waals surface area contributed by atoms with Gasteiger partial charge in [0.1, 0.15) is 0 Å². The van der Waals surface area contributed by atoms with E-state index in [1.165, 1.54) is 30.8 Å². The second-order valence-electron chi connectivity index (χ2n) is 8.13. The number of nitrogens with zero attached hydrogens (tertiary/aromatic N) is 2. The van der Waals surface area contributed by atoms with Gasteiger partial charge in [-0.25, -0.2) is 4.79 Å². The molecule has 1 aromatic carbocycles. The van der Waals surface area contributed by atoms with Gasteiger partial charge in [-0.15, -0.1) is 11.3 Å². The van der Waals surface area contributed by atoms with E-state index in [0.717, 1.165) is 37.7 Å². The summed E-state index contributed by atoms with van der Waals surface area (Å²) < 4.78 is 5.05. The zero-order valence-corrected chi connectivity index (χ0v) is 20.1. The second-order valence-corrected chi connectivity index (χ2v) is 9.55. The fourth-order valence-corrected chi connectivity index (χ4v) is 4.92. The molecule has 168 valence electrons. The van der Waals surface area contributed by atoms with E-state index in [2.05, 4.69) is 39.6 Å². The Labute approximate surface area is 195 Å². The van der Waals surface area contributed by atoms with Crippen LogP contribution in [0.3, 0.4) is 0 Å². The number of carbonyl (C=O) groups excluding carboxylic acids is 1. The van der Waals surface area contributed by atoms with Crippen LogP contribution < -0.4 is 5.32 Å². The lowest BCUT2D eigenvalue weighted by Gasteiger charge is -2.32. The summed E-state index contributed by atoms with van der Waals surface area (Å²) >= 11 is 7.52. The van der Waals surface area contributed by atoms with E-state index >= 15 is 0 Å². The first-order valence-electron chi connectivity index (χ1n) is 11.1. The fourth-order valence-electron chi connectivity index (χ4n) is 3.92. The molecule has 0 spiro atoms. The molecule has 1 saturated heterocycles. The maximum atomic E-state index is 11.9. The van der Waals surface area contributed by atoms with Gasteiger partial charge in [-0.1, -0.05) is 13.0 Å². The van der Waals surface area contributed by atoms with E-state index < -0.39 is 0 Å². The first kappa shape index (κ1) is 23.7. The third kappa shape index (κ3) is 7.59. The highest BCUT2D eigenvalue weighted by atomic mass is 32.1. The lowest BCUT2D eigenvalue weighted by atomic mass is 10.0. The van der Waals surface area contributed by atoms with Crippen LogP contribution in [0.15, 0.2) is 41.8 Å². The summed E-state index contributed by atoms with van der Waals surface area (Å²) in [6, 6.07) is 11.5. The number of likely N-dealkylation sites (tertiary alicyclic amines) is 1. The van der Waals surface area contributed by atoms with Crippen LogP contribution >= 0.6 is 23.6 Å². The number of piperidine rings is 1. The topological polar surface area (TPSA) is 44.8 Å². The van der Waals surface area contributed by atoms with Crippen molar-refractivity contribution in [1.29, 1.82) is 0 Å². The van der Waals surface area contributed by atoms with Crippen LogP contribution in [0.5, 0.6) is 0 Å². The minimum atomic E-state index is -0.303. The van der Waals surface area contributed by atoms with Gasteiger partial charge in [0.25, 0.3) is 0 Å². The maximum absolute atomic E-state index is 11.9. The normalized spacial score (nSPS) is 16.6. The number of benzene rings is 1. The zero-order chi connectivity index (χ0) is 22.1. The number of thiophene rings is 1. The van der Waals surface area contributed by atoms with Crippen molar-refractivity contribution >= 4 is 40.3 Å². The maximum Gasteiger partial charge on any atom is 0.338 e. The summed E-state index contributed by atoms with van der Waals surface area (Å²) in [6.07, 6.45) is 3.74. The molecular formula is C24H33N3O2S2. The molecule has 1 aromatic heterocycles. The minimum absolute atomic E-state index is 0.303. The van der Waals surface area contributed by atoms with Crippen molar-refractivity contribution in [2.24, 2.45) is 5.92 Å². The quantitative estimate of drug-likeness (QED) is 0.408. The number of anilines is 1. The number of ether oxygens (including phenoxy) is 1. The van der Waals surface area contributed by atoms with Gasteiger partial charge in [0, 0.05) is 23.7 Å². The van der Waals surface area contributed by atoms with Crippen molar-refractivity contribution in [2.75, 3.05) is 38.1 Å². The molecule has 7 heteroatoms. The summed E-state index contributed by atoms with van der Waals surface area (Å²) in [5.74, 6) is 0.499. The average molecular weight is 460 g/mol. The van der Waals surface area contributed by atoms with Crippen LogP contribution in [-0.2, 0) is 11.3 Å². The second kappa shape index (κ2) is 12.2. The Hall–Kier alpha value is -1.96. The van der Waals surface area contributed by atoms with Crippen molar-refractivity contribution in [3.8, 4) is 0 Å². The number of hydrogen-bond acceptors (Lipinski definition) is 5. The molecule has 1 N–H and O–H groups in total. The molecule has 0 radical (unpaired) electrons. The van der Waals surface area contributed by atoms with Gasteiger partial charge in [0.05, 0.1) is 18.7 Å². The van der Waals surface area contributed by atoms with Crippen LogP contribution in [0.1, 0.15) is 48.3 Å². The van der Waals surface area contributed by atoms with Gasteiger partial charge in [0.2, 0.25) is 0 Å². The minimum Gasteiger partial charge on any atom is -0.462 e. The lowest BCUT2D eigenvalue weighted by molar-refractivity contribution is 0.0526.